The Bertz CT molecular complexity index is 721. The Labute approximate surface area is 140 Å². The largest absolute Gasteiger partial charge is 0.445 e. The van der Waals surface area contributed by atoms with Crippen molar-refractivity contribution in [3.05, 3.63) is 64.4 Å². The molecule has 0 bridgehead atoms. The molecular formula is C18H17ClN2O2. The molecule has 0 spiro atoms. The molecule has 0 saturated heterocycles. The Balaban J connectivity index is 1.68. The van der Waals surface area contributed by atoms with Gasteiger partial charge in [-0.2, -0.15) is 0 Å². The molecule has 1 aromatic heterocycles. The molecule has 1 amide bonds. The fourth-order valence-electron chi connectivity index (χ4n) is 1.79. The molecule has 2 aromatic rings. The first-order chi connectivity index (χ1) is 11.1. The third-order valence-corrected chi connectivity index (χ3v) is 3.37. The highest BCUT2D eigenvalue weighted by Crippen LogP contribution is 2.11. The second kappa shape index (κ2) is 8.82. The molecule has 4 nitrogen and oxygen atoms in total. The summed E-state index contributed by atoms with van der Waals surface area (Å²) in [5, 5.41) is 3.14. The van der Waals surface area contributed by atoms with E-state index in [1.165, 1.54) is 0 Å². The highest BCUT2D eigenvalue weighted by atomic mass is 35.5. The van der Waals surface area contributed by atoms with E-state index in [1.807, 2.05) is 43.3 Å². The minimum atomic E-state index is -0.445. The van der Waals surface area contributed by atoms with Crippen molar-refractivity contribution in [2.45, 2.75) is 20.0 Å². The predicted octanol–water partition coefficient (Wildman–Crippen LogP) is 3.71. The molecule has 0 unspecified atom stereocenters. The van der Waals surface area contributed by atoms with E-state index in [2.05, 4.69) is 22.1 Å². The first-order valence-electron chi connectivity index (χ1n) is 7.21. The van der Waals surface area contributed by atoms with E-state index in [0.717, 1.165) is 16.7 Å². The van der Waals surface area contributed by atoms with Gasteiger partial charge in [-0.1, -0.05) is 53.8 Å². The van der Waals surface area contributed by atoms with E-state index in [9.17, 15) is 4.79 Å². The van der Waals surface area contributed by atoms with E-state index in [-0.39, 0.29) is 6.61 Å². The third-order valence-electron chi connectivity index (χ3n) is 2.98. The summed E-state index contributed by atoms with van der Waals surface area (Å²) >= 11 is 5.85. The van der Waals surface area contributed by atoms with Crippen molar-refractivity contribution in [2.75, 3.05) is 6.54 Å². The van der Waals surface area contributed by atoms with Crippen LogP contribution in [-0.2, 0) is 11.3 Å². The maximum Gasteiger partial charge on any atom is 0.407 e. The van der Waals surface area contributed by atoms with Crippen LogP contribution in [0, 0.1) is 18.8 Å². The van der Waals surface area contributed by atoms with E-state index in [0.29, 0.717) is 18.1 Å². The first kappa shape index (κ1) is 16.9. The maximum absolute atomic E-state index is 11.5. The lowest BCUT2D eigenvalue weighted by Crippen LogP contribution is -2.24. The minimum absolute atomic E-state index is 0.258. The van der Waals surface area contributed by atoms with Gasteiger partial charge in [-0.3, -0.25) is 0 Å². The van der Waals surface area contributed by atoms with Crippen molar-refractivity contribution in [2.24, 2.45) is 0 Å². The summed E-state index contributed by atoms with van der Waals surface area (Å²) < 4.78 is 5.10. The molecule has 1 N–H and O–H groups in total. The van der Waals surface area contributed by atoms with Crippen LogP contribution in [0.25, 0.3) is 0 Å². The molecule has 0 aliphatic rings. The molecule has 1 heterocycles. The second-order valence-corrected chi connectivity index (χ2v) is 5.23. The van der Waals surface area contributed by atoms with E-state index in [4.69, 9.17) is 16.3 Å². The van der Waals surface area contributed by atoms with Crippen molar-refractivity contribution in [1.82, 2.24) is 10.3 Å². The zero-order chi connectivity index (χ0) is 16.5. The first-order valence-corrected chi connectivity index (χ1v) is 7.58. The summed E-state index contributed by atoms with van der Waals surface area (Å²) in [5.41, 5.74) is 2.65. The standard InChI is InChI=1S/C18H17ClN2O2/c1-14-11-16(12-21-17(14)19)9-5-6-10-20-18(22)23-13-15-7-3-2-4-8-15/h2-4,7-8,11-12H,6,10,13H2,1H3,(H,20,22). The summed E-state index contributed by atoms with van der Waals surface area (Å²) in [6.07, 6.45) is 1.71. The number of carbonyl (C=O) groups excluding carboxylic acids is 1. The molecular weight excluding hydrogens is 312 g/mol. The van der Waals surface area contributed by atoms with Gasteiger partial charge in [0.15, 0.2) is 0 Å². The van der Waals surface area contributed by atoms with Gasteiger partial charge in [0.05, 0.1) is 0 Å². The summed E-state index contributed by atoms with van der Waals surface area (Å²) in [7, 11) is 0. The van der Waals surface area contributed by atoms with Crippen LogP contribution in [0.5, 0.6) is 0 Å². The smallest absolute Gasteiger partial charge is 0.407 e. The lowest BCUT2D eigenvalue weighted by molar-refractivity contribution is 0.140. The lowest BCUT2D eigenvalue weighted by Gasteiger charge is -2.05. The maximum atomic E-state index is 11.5. The Morgan fingerprint density at radius 2 is 2.13 bits per heavy atom. The van der Waals surface area contributed by atoms with Gasteiger partial charge in [0.1, 0.15) is 11.8 Å². The lowest BCUT2D eigenvalue weighted by atomic mass is 10.2. The van der Waals surface area contributed by atoms with Crippen molar-refractivity contribution in [1.29, 1.82) is 0 Å². The monoisotopic (exact) mass is 328 g/mol. The molecule has 0 atom stereocenters. The van der Waals surface area contributed by atoms with Crippen LogP contribution in [-0.4, -0.2) is 17.6 Å². The third kappa shape index (κ3) is 6.01. The molecule has 0 aliphatic heterocycles. The number of carbonyl (C=O) groups is 1. The Morgan fingerprint density at radius 1 is 1.35 bits per heavy atom. The quantitative estimate of drug-likeness (QED) is 0.529. The highest BCUT2D eigenvalue weighted by Gasteiger charge is 2.00. The number of hydrogen-bond acceptors (Lipinski definition) is 3. The van der Waals surface area contributed by atoms with Crippen LogP contribution >= 0.6 is 11.6 Å². The number of benzene rings is 1. The number of ether oxygens (including phenoxy) is 1. The molecule has 0 saturated carbocycles. The fraction of sp³-hybridized carbons (Fsp3) is 0.222. The molecule has 23 heavy (non-hydrogen) atoms. The zero-order valence-electron chi connectivity index (χ0n) is 12.8. The van der Waals surface area contributed by atoms with Gasteiger partial charge >= 0.3 is 6.09 Å². The molecule has 2 rings (SSSR count). The number of rotatable bonds is 4. The molecule has 5 heteroatoms. The van der Waals surface area contributed by atoms with Crippen molar-refractivity contribution in [3.8, 4) is 11.8 Å². The normalized spacial score (nSPS) is 9.65. The Morgan fingerprint density at radius 3 is 2.87 bits per heavy atom. The van der Waals surface area contributed by atoms with Gasteiger partial charge in [0.25, 0.3) is 0 Å². The van der Waals surface area contributed by atoms with E-state index < -0.39 is 6.09 Å². The van der Waals surface area contributed by atoms with Crippen LogP contribution in [0.15, 0.2) is 42.6 Å². The minimum Gasteiger partial charge on any atom is -0.445 e. The number of halogens is 1. The number of aromatic nitrogens is 1. The Hall–Kier alpha value is -2.51. The summed E-state index contributed by atoms with van der Waals surface area (Å²) in [5.74, 6) is 5.96. The van der Waals surface area contributed by atoms with Crippen LogP contribution in [0.2, 0.25) is 5.15 Å². The van der Waals surface area contributed by atoms with Gasteiger partial charge in [0, 0.05) is 24.7 Å². The number of amides is 1. The zero-order valence-corrected chi connectivity index (χ0v) is 13.6. The van der Waals surface area contributed by atoms with Gasteiger partial charge in [-0.15, -0.1) is 0 Å². The Kier molecular flexibility index (Phi) is 6.46. The van der Waals surface area contributed by atoms with Gasteiger partial charge in [-0.25, -0.2) is 9.78 Å². The molecule has 118 valence electrons. The summed E-state index contributed by atoms with van der Waals surface area (Å²) in [6, 6.07) is 11.4. The molecule has 0 aliphatic carbocycles. The van der Waals surface area contributed by atoms with Gasteiger partial charge in [0.2, 0.25) is 0 Å². The van der Waals surface area contributed by atoms with Crippen LogP contribution < -0.4 is 5.32 Å². The average molecular weight is 329 g/mol. The van der Waals surface area contributed by atoms with Crippen LogP contribution in [0.4, 0.5) is 4.79 Å². The molecule has 0 fully saturated rings. The van der Waals surface area contributed by atoms with Crippen molar-refractivity contribution in [3.63, 3.8) is 0 Å². The van der Waals surface area contributed by atoms with Crippen molar-refractivity contribution >= 4 is 17.7 Å². The fourth-order valence-corrected chi connectivity index (χ4v) is 1.90. The molecule has 0 radical (unpaired) electrons. The predicted molar refractivity (Wildman–Crippen MR) is 90.1 cm³/mol. The van der Waals surface area contributed by atoms with Gasteiger partial charge < -0.3 is 10.1 Å². The summed E-state index contributed by atoms with van der Waals surface area (Å²) in [6.45, 7) is 2.57. The molecule has 1 aromatic carbocycles. The van der Waals surface area contributed by atoms with E-state index in [1.54, 1.807) is 6.20 Å². The number of pyridine rings is 1. The van der Waals surface area contributed by atoms with Crippen LogP contribution in [0.1, 0.15) is 23.1 Å². The number of alkyl carbamates (subject to hydrolysis) is 1. The van der Waals surface area contributed by atoms with Crippen molar-refractivity contribution < 1.29 is 9.53 Å². The number of aryl methyl sites for hydroxylation is 1. The topological polar surface area (TPSA) is 51.2 Å². The van der Waals surface area contributed by atoms with Gasteiger partial charge in [-0.05, 0) is 24.1 Å². The highest BCUT2D eigenvalue weighted by molar-refractivity contribution is 6.30. The summed E-state index contributed by atoms with van der Waals surface area (Å²) in [4.78, 5) is 15.6. The number of nitrogens with one attached hydrogen (secondary N) is 1. The number of hydrogen-bond donors (Lipinski definition) is 1. The SMILES string of the molecule is Cc1cc(C#CCCNC(=O)OCc2ccccc2)cnc1Cl. The number of nitrogens with zero attached hydrogens (tertiary/aromatic N) is 1. The second-order valence-electron chi connectivity index (χ2n) is 4.87. The van der Waals surface area contributed by atoms with E-state index >= 15 is 0 Å². The average Bonchev–Trinajstić information content (AvgIpc) is 2.57. The van der Waals surface area contributed by atoms with Crippen LogP contribution in [0.3, 0.4) is 0 Å².